The fraction of sp³-hybridized carbons (Fsp3) is 0.149. The molecule has 6 aromatic rings. The van der Waals surface area contributed by atoms with Gasteiger partial charge in [-0.15, -0.1) is 0 Å². The van der Waals surface area contributed by atoms with Crippen molar-refractivity contribution in [1.29, 1.82) is 0 Å². The third kappa shape index (κ3) is 4.40. The highest BCUT2D eigenvalue weighted by Gasteiger charge is 2.31. The average Bonchev–Trinajstić information content (AvgIpc) is 3.17. The SMILES string of the molecule is CN1C2=C(CCC=C2)N(c2ccc(-c3cc4cc(-c5cccc6c5CCC=C6)c5ccccc5c4c4ccccc34)cc2)C2=C1CCC=C2. The van der Waals surface area contributed by atoms with Gasteiger partial charge in [-0.3, -0.25) is 0 Å². The molecule has 6 aromatic carbocycles. The van der Waals surface area contributed by atoms with Crippen molar-refractivity contribution in [2.45, 2.75) is 38.5 Å². The first kappa shape index (κ1) is 28.4. The number of nitrogens with zero attached hydrogens (tertiary/aromatic N) is 2. The van der Waals surface area contributed by atoms with Crippen molar-refractivity contribution >= 4 is 44.1 Å². The van der Waals surface area contributed by atoms with Crippen LogP contribution in [0.1, 0.15) is 43.2 Å². The van der Waals surface area contributed by atoms with Crippen LogP contribution in [0.2, 0.25) is 0 Å². The van der Waals surface area contributed by atoms with E-state index in [0.29, 0.717) is 0 Å². The number of allylic oxidation sites excluding steroid dienone is 7. The molecule has 1 heterocycles. The Morgan fingerprint density at radius 1 is 0.510 bits per heavy atom. The Balaban J connectivity index is 1.16. The third-order valence-corrected chi connectivity index (χ3v) is 11.2. The van der Waals surface area contributed by atoms with Gasteiger partial charge < -0.3 is 9.80 Å². The molecule has 2 heteroatoms. The van der Waals surface area contributed by atoms with Crippen LogP contribution in [0.4, 0.5) is 5.69 Å². The number of likely N-dealkylation sites (N-methyl/N-ethyl adjacent to an activating group) is 1. The number of hydrogen-bond acceptors (Lipinski definition) is 2. The lowest BCUT2D eigenvalue weighted by Crippen LogP contribution is -2.36. The maximum absolute atomic E-state index is 2.53. The minimum Gasteiger partial charge on any atom is -0.345 e. The largest absolute Gasteiger partial charge is 0.345 e. The number of hydrogen-bond donors (Lipinski definition) is 0. The van der Waals surface area contributed by atoms with Crippen LogP contribution in [-0.4, -0.2) is 11.9 Å². The zero-order valence-corrected chi connectivity index (χ0v) is 27.9. The Bertz CT molecular complexity index is 2500. The minimum atomic E-state index is 1.05. The van der Waals surface area contributed by atoms with Crippen LogP contribution in [0.3, 0.4) is 0 Å². The Morgan fingerprint density at radius 3 is 1.92 bits per heavy atom. The van der Waals surface area contributed by atoms with E-state index in [1.807, 2.05) is 0 Å². The first-order valence-electron chi connectivity index (χ1n) is 17.8. The minimum absolute atomic E-state index is 1.05. The molecule has 236 valence electrons. The summed E-state index contributed by atoms with van der Waals surface area (Å²) in [5, 5.41) is 7.88. The summed E-state index contributed by atoms with van der Waals surface area (Å²) in [6, 6.07) is 39.1. The first-order chi connectivity index (χ1) is 24.2. The highest BCUT2D eigenvalue weighted by Crippen LogP contribution is 2.45. The highest BCUT2D eigenvalue weighted by molar-refractivity contribution is 6.25. The lowest BCUT2D eigenvalue weighted by molar-refractivity contribution is 0.471. The summed E-state index contributed by atoms with van der Waals surface area (Å²) in [5.41, 5.74) is 14.8. The Labute approximate surface area is 288 Å². The van der Waals surface area contributed by atoms with Gasteiger partial charge in [0, 0.05) is 24.1 Å². The smallest absolute Gasteiger partial charge is 0.0651 e. The fourth-order valence-corrected chi connectivity index (χ4v) is 8.90. The van der Waals surface area contributed by atoms with Crippen molar-refractivity contribution in [3.05, 3.63) is 167 Å². The lowest BCUT2D eigenvalue weighted by Gasteiger charge is -2.43. The summed E-state index contributed by atoms with van der Waals surface area (Å²) in [7, 11) is 2.24. The van der Waals surface area contributed by atoms with Crippen LogP contribution in [0, 0.1) is 0 Å². The predicted molar refractivity (Wildman–Crippen MR) is 208 cm³/mol. The fourth-order valence-electron chi connectivity index (χ4n) is 8.90. The molecule has 0 atom stereocenters. The Kier molecular flexibility index (Phi) is 6.52. The standard InChI is InChI=1S/C47H38N2/c1-48-43-21-8-10-23-45(43)49(46-24-11-9-22-44(46)48)34-27-25-32(26-28-34)41-29-33-30-42(36-20-12-14-31-13-2-3-15-35(31)36)38-17-5-7-19-40(38)47(33)39-18-6-4-16-37(39)41/h2,4-8,11-14,16-21,24-30H,3,9-10,15,22-23H2,1H3. The van der Waals surface area contributed by atoms with Gasteiger partial charge in [0.2, 0.25) is 0 Å². The van der Waals surface area contributed by atoms with Crippen LogP contribution in [0.15, 0.2) is 156 Å². The maximum atomic E-state index is 2.53. The number of anilines is 1. The zero-order valence-electron chi connectivity index (χ0n) is 27.9. The molecule has 0 fully saturated rings. The van der Waals surface area contributed by atoms with Gasteiger partial charge in [-0.2, -0.15) is 0 Å². The van der Waals surface area contributed by atoms with E-state index in [0.717, 1.165) is 38.5 Å². The van der Waals surface area contributed by atoms with Crippen molar-refractivity contribution in [3.63, 3.8) is 0 Å². The molecule has 49 heavy (non-hydrogen) atoms. The summed E-state index contributed by atoms with van der Waals surface area (Å²) < 4.78 is 0. The van der Waals surface area contributed by atoms with Gasteiger partial charge in [0.15, 0.2) is 0 Å². The number of fused-ring (bicyclic) bond motifs is 6. The van der Waals surface area contributed by atoms with E-state index in [1.54, 1.807) is 0 Å². The third-order valence-electron chi connectivity index (χ3n) is 11.2. The number of rotatable bonds is 3. The molecule has 0 N–H and O–H groups in total. The van der Waals surface area contributed by atoms with Gasteiger partial charge in [-0.25, -0.2) is 0 Å². The predicted octanol–water partition coefficient (Wildman–Crippen LogP) is 12.3. The summed E-state index contributed by atoms with van der Waals surface area (Å²) in [4.78, 5) is 4.95. The van der Waals surface area contributed by atoms with Gasteiger partial charge in [-0.05, 0) is 141 Å². The van der Waals surface area contributed by atoms with E-state index in [1.165, 1.54) is 94.2 Å². The molecule has 0 bridgehead atoms. The van der Waals surface area contributed by atoms with Crippen molar-refractivity contribution in [1.82, 2.24) is 4.90 Å². The molecular weight excluding hydrogens is 593 g/mol. The molecule has 3 aliphatic carbocycles. The van der Waals surface area contributed by atoms with E-state index < -0.39 is 0 Å². The molecule has 0 unspecified atom stereocenters. The van der Waals surface area contributed by atoms with Crippen molar-refractivity contribution in [2.24, 2.45) is 0 Å². The molecule has 0 saturated heterocycles. The number of benzene rings is 6. The molecule has 10 rings (SSSR count). The van der Waals surface area contributed by atoms with E-state index >= 15 is 0 Å². The molecule has 4 aliphatic rings. The van der Waals surface area contributed by atoms with E-state index in [2.05, 4.69) is 156 Å². The van der Waals surface area contributed by atoms with E-state index in [-0.39, 0.29) is 0 Å². The van der Waals surface area contributed by atoms with Crippen LogP contribution in [-0.2, 0) is 6.42 Å². The van der Waals surface area contributed by atoms with Gasteiger partial charge in [0.1, 0.15) is 0 Å². The zero-order chi connectivity index (χ0) is 32.5. The summed E-state index contributed by atoms with van der Waals surface area (Å²) >= 11 is 0. The molecule has 0 aromatic heterocycles. The van der Waals surface area contributed by atoms with Gasteiger partial charge in [-0.1, -0.05) is 103 Å². The lowest BCUT2D eigenvalue weighted by atomic mass is 9.84. The summed E-state index contributed by atoms with van der Waals surface area (Å²) in [6.07, 6.45) is 20.4. The molecule has 2 nitrogen and oxygen atoms in total. The quantitative estimate of drug-likeness (QED) is 0.180. The van der Waals surface area contributed by atoms with Crippen LogP contribution in [0.25, 0.3) is 60.6 Å². The van der Waals surface area contributed by atoms with Gasteiger partial charge in [0.05, 0.1) is 11.4 Å². The van der Waals surface area contributed by atoms with E-state index in [9.17, 15) is 0 Å². The topological polar surface area (TPSA) is 6.48 Å². The second kappa shape index (κ2) is 11.2. The van der Waals surface area contributed by atoms with Crippen molar-refractivity contribution in [3.8, 4) is 22.3 Å². The average molecular weight is 631 g/mol. The first-order valence-corrected chi connectivity index (χ1v) is 17.8. The second-order valence-electron chi connectivity index (χ2n) is 13.8. The normalized spacial score (nSPS) is 16.9. The summed E-state index contributed by atoms with van der Waals surface area (Å²) in [5.74, 6) is 0. The molecule has 0 radical (unpaired) electrons. The Morgan fingerprint density at radius 2 is 1.14 bits per heavy atom. The van der Waals surface area contributed by atoms with Gasteiger partial charge in [0.25, 0.3) is 0 Å². The second-order valence-corrected chi connectivity index (χ2v) is 13.8. The highest BCUT2D eigenvalue weighted by atomic mass is 15.3. The van der Waals surface area contributed by atoms with Gasteiger partial charge >= 0.3 is 0 Å². The summed E-state index contributed by atoms with van der Waals surface area (Å²) in [6.45, 7) is 0. The maximum Gasteiger partial charge on any atom is 0.0651 e. The van der Waals surface area contributed by atoms with E-state index in [4.69, 9.17) is 0 Å². The monoisotopic (exact) mass is 630 g/mol. The van der Waals surface area contributed by atoms with Crippen molar-refractivity contribution in [2.75, 3.05) is 11.9 Å². The van der Waals surface area contributed by atoms with Crippen molar-refractivity contribution < 1.29 is 0 Å². The molecule has 0 saturated carbocycles. The van der Waals surface area contributed by atoms with Crippen LogP contribution < -0.4 is 4.90 Å². The Hall–Kier alpha value is -5.60. The molecule has 0 spiro atoms. The molecule has 0 amide bonds. The van der Waals surface area contributed by atoms with Crippen LogP contribution >= 0.6 is 0 Å². The molecule has 1 aliphatic heterocycles. The van der Waals surface area contributed by atoms with Crippen LogP contribution in [0.5, 0.6) is 0 Å². The molecular formula is C47H38N2.